The summed E-state index contributed by atoms with van der Waals surface area (Å²) >= 11 is 0. The second-order valence-corrected chi connectivity index (χ2v) is 4.17. The number of hydrogen-bond acceptors (Lipinski definition) is 3. The minimum absolute atomic E-state index is 0.0101. The van der Waals surface area contributed by atoms with E-state index in [1.807, 2.05) is 0 Å². The second kappa shape index (κ2) is 7.20. The third-order valence-corrected chi connectivity index (χ3v) is 1.76. The lowest BCUT2D eigenvalue weighted by Gasteiger charge is -2.22. The maximum Gasteiger partial charge on any atom is 0.411 e. The van der Waals surface area contributed by atoms with Gasteiger partial charge in [0.2, 0.25) is 5.91 Å². The van der Waals surface area contributed by atoms with Crippen LogP contribution in [0.25, 0.3) is 0 Å². The van der Waals surface area contributed by atoms with Gasteiger partial charge in [0.1, 0.15) is 19.8 Å². The molecule has 0 aromatic rings. The number of hydrogen-bond donors (Lipinski definition) is 1. The first-order valence-electron chi connectivity index (χ1n) is 5.26. The number of halogens is 3. The Kier molecular flexibility index (Phi) is 6.67. The predicted molar refractivity (Wildman–Crippen MR) is 55.9 cm³/mol. The fraction of sp³-hybridized carbons (Fsp3) is 0.800. The molecule has 0 fully saturated rings. The number of ether oxygens (including phenoxy) is 1. The molecule has 18 heavy (non-hydrogen) atoms. The van der Waals surface area contributed by atoms with Crippen LogP contribution in [0, 0.1) is 5.92 Å². The number of carboxylic acid groups (broad SMARTS) is 1. The third kappa shape index (κ3) is 8.80. The zero-order valence-electron chi connectivity index (χ0n) is 10.2. The Morgan fingerprint density at radius 1 is 1.33 bits per heavy atom. The minimum Gasteiger partial charge on any atom is -0.480 e. The number of aliphatic carboxylic acids is 1. The lowest BCUT2D eigenvalue weighted by atomic mass is 10.2. The fourth-order valence-corrected chi connectivity index (χ4v) is 1.20. The molecule has 106 valence electrons. The Bertz CT molecular complexity index is 291. The standard InChI is InChI=1S/C10H16F3NO4/c1-7(2)3-14(4-9(16)17)8(15)5-18-6-10(11,12)13/h7H,3-6H2,1-2H3,(H,16,17). The number of alkyl halides is 3. The van der Waals surface area contributed by atoms with Crippen molar-refractivity contribution >= 4 is 11.9 Å². The molecule has 5 nitrogen and oxygen atoms in total. The van der Waals surface area contributed by atoms with Gasteiger partial charge >= 0.3 is 12.1 Å². The smallest absolute Gasteiger partial charge is 0.411 e. The van der Waals surface area contributed by atoms with E-state index >= 15 is 0 Å². The van der Waals surface area contributed by atoms with E-state index in [0.717, 1.165) is 4.90 Å². The summed E-state index contributed by atoms with van der Waals surface area (Å²) in [5.41, 5.74) is 0. The van der Waals surface area contributed by atoms with Crippen LogP contribution in [0.1, 0.15) is 13.8 Å². The Morgan fingerprint density at radius 2 is 1.89 bits per heavy atom. The van der Waals surface area contributed by atoms with E-state index in [1.165, 1.54) is 0 Å². The summed E-state index contributed by atoms with van der Waals surface area (Å²) in [4.78, 5) is 22.9. The average Bonchev–Trinajstić information content (AvgIpc) is 2.12. The summed E-state index contributed by atoms with van der Waals surface area (Å²) in [5, 5.41) is 8.59. The molecular formula is C10H16F3NO4. The molecule has 0 aromatic carbocycles. The molecule has 8 heteroatoms. The summed E-state index contributed by atoms with van der Waals surface area (Å²) in [7, 11) is 0. The second-order valence-electron chi connectivity index (χ2n) is 4.17. The van der Waals surface area contributed by atoms with Crippen LogP contribution < -0.4 is 0 Å². The summed E-state index contributed by atoms with van der Waals surface area (Å²) in [6, 6.07) is 0. The van der Waals surface area contributed by atoms with Gasteiger partial charge in [0, 0.05) is 6.54 Å². The van der Waals surface area contributed by atoms with Crippen molar-refractivity contribution < 1.29 is 32.6 Å². The normalized spacial score (nSPS) is 11.7. The number of carboxylic acids is 1. The maximum absolute atomic E-state index is 11.8. The topological polar surface area (TPSA) is 66.8 Å². The molecule has 0 unspecified atom stereocenters. The molecule has 0 saturated heterocycles. The maximum atomic E-state index is 11.8. The minimum atomic E-state index is -4.50. The summed E-state index contributed by atoms with van der Waals surface area (Å²) < 4.78 is 39.5. The number of amides is 1. The van der Waals surface area contributed by atoms with Crippen molar-refractivity contribution in [3.05, 3.63) is 0 Å². The highest BCUT2D eigenvalue weighted by Gasteiger charge is 2.28. The highest BCUT2D eigenvalue weighted by Crippen LogP contribution is 2.14. The van der Waals surface area contributed by atoms with E-state index in [1.54, 1.807) is 13.8 Å². The summed E-state index contributed by atoms with van der Waals surface area (Å²) in [6.07, 6.45) is -4.50. The van der Waals surface area contributed by atoms with Crippen molar-refractivity contribution in [2.45, 2.75) is 20.0 Å². The Labute approximate surface area is 103 Å². The van der Waals surface area contributed by atoms with Crippen molar-refractivity contribution in [2.75, 3.05) is 26.3 Å². The van der Waals surface area contributed by atoms with Crippen LogP contribution in [-0.4, -0.2) is 54.4 Å². The monoisotopic (exact) mass is 271 g/mol. The van der Waals surface area contributed by atoms with Crippen molar-refractivity contribution in [2.24, 2.45) is 5.92 Å². The van der Waals surface area contributed by atoms with Gasteiger partial charge in [-0.2, -0.15) is 13.2 Å². The molecule has 0 aliphatic heterocycles. The van der Waals surface area contributed by atoms with E-state index in [9.17, 15) is 22.8 Å². The molecule has 1 N–H and O–H groups in total. The lowest BCUT2D eigenvalue weighted by Crippen LogP contribution is -2.40. The Hall–Kier alpha value is -1.31. The quantitative estimate of drug-likeness (QED) is 0.754. The lowest BCUT2D eigenvalue weighted by molar-refractivity contribution is -0.178. The van der Waals surface area contributed by atoms with Gasteiger partial charge < -0.3 is 14.7 Å². The fourth-order valence-electron chi connectivity index (χ4n) is 1.20. The molecule has 0 aliphatic carbocycles. The number of carbonyl (C=O) groups excluding carboxylic acids is 1. The van der Waals surface area contributed by atoms with Crippen molar-refractivity contribution in [1.82, 2.24) is 4.90 Å². The van der Waals surface area contributed by atoms with Gasteiger partial charge in [-0.05, 0) is 5.92 Å². The molecule has 0 spiro atoms. The summed E-state index contributed by atoms with van der Waals surface area (Å²) in [5.74, 6) is -1.98. The predicted octanol–water partition coefficient (Wildman–Crippen LogP) is 1.13. The van der Waals surface area contributed by atoms with Crippen LogP contribution in [0.5, 0.6) is 0 Å². The molecule has 0 saturated carbocycles. The van der Waals surface area contributed by atoms with E-state index in [0.29, 0.717) is 0 Å². The molecular weight excluding hydrogens is 255 g/mol. The van der Waals surface area contributed by atoms with Gasteiger partial charge in [0.15, 0.2) is 0 Å². The highest BCUT2D eigenvalue weighted by molar-refractivity contribution is 5.82. The van der Waals surface area contributed by atoms with E-state index < -0.39 is 37.8 Å². The molecule has 0 bridgehead atoms. The van der Waals surface area contributed by atoms with Crippen LogP contribution in [0.2, 0.25) is 0 Å². The molecule has 0 aromatic heterocycles. The molecule has 1 amide bonds. The van der Waals surface area contributed by atoms with Crippen LogP contribution in [0.3, 0.4) is 0 Å². The first kappa shape index (κ1) is 16.7. The van der Waals surface area contributed by atoms with Crippen LogP contribution >= 0.6 is 0 Å². The zero-order chi connectivity index (χ0) is 14.3. The number of rotatable bonds is 7. The Balaban J connectivity index is 4.25. The van der Waals surface area contributed by atoms with Gasteiger partial charge in [0.05, 0.1) is 0 Å². The van der Waals surface area contributed by atoms with Crippen molar-refractivity contribution in [3.63, 3.8) is 0 Å². The van der Waals surface area contributed by atoms with Crippen molar-refractivity contribution in [1.29, 1.82) is 0 Å². The zero-order valence-corrected chi connectivity index (χ0v) is 10.2. The molecule has 0 atom stereocenters. The summed E-state index contributed by atoms with van der Waals surface area (Å²) in [6.45, 7) is 0.825. The highest BCUT2D eigenvalue weighted by atomic mass is 19.4. The van der Waals surface area contributed by atoms with Gasteiger partial charge in [0.25, 0.3) is 0 Å². The van der Waals surface area contributed by atoms with E-state index in [-0.39, 0.29) is 12.5 Å². The van der Waals surface area contributed by atoms with E-state index in [4.69, 9.17) is 5.11 Å². The average molecular weight is 271 g/mol. The van der Waals surface area contributed by atoms with Gasteiger partial charge in [-0.15, -0.1) is 0 Å². The number of nitrogens with zero attached hydrogens (tertiary/aromatic N) is 1. The van der Waals surface area contributed by atoms with Gasteiger partial charge in [-0.25, -0.2) is 0 Å². The van der Waals surface area contributed by atoms with E-state index in [2.05, 4.69) is 4.74 Å². The molecule has 0 rings (SSSR count). The van der Waals surface area contributed by atoms with Crippen LogP contribution in [-0.2, 0) is 14.3 Å². The first-order chi connectivity index (χ1) is 8.11. The molecule has 0 heterocycles. The third-order valence-electron chi connectivity index (χ3n) is 1.76. The molecule has 0 aliphatic rings. The molecule has 0 radical (unpaired) electrons. The van der Waals surface area contributed by atoms with Crippen LogP contribution in [0.4, 0.5) is 13.2 Å². The Morgan fingerprint density at radius 3 is 2.28 bits per heavy atom. The number of carbonyl (C=O) groups is 2. The van der Waals surface area contributed by atoms with Crippen LogP contribution in [0.15, 0.2) is 0 Å². The van der Waals surface area contributed by atoms with Crippen molar-refractivity contribution in [3.8, 4) is 0 Å². The van der Waals surface area contributed by atoms with Gasteiger partial charge in [-0.3, -0.25) is 9.59 Å². The first-order valence-corrected chi connectivity index (χ1v) is 5.26. The largest absolute Gasteiger partial charge is 0.480 e. The van der Waals surface area contributed by atoms with Gasteiger partial charge in [-0.1, -0.05) is 13.8 Å². The SMILES string of the molecule is CC(C)CN(CC(=O)O)C(=O)COCC(F)(F)F.